The predicted molar refractivity (Wildman–Crippen MR) is 40.3 cm³/mol. The summed E-state index contributed by atoms with van der Waals surface area (Å²) >= 11 is 0. The van der Waals surface area contributed by atoms with E-state index in [1.54, 1.807) is 0 Å². The molecule has 0 aliphatic carbocycles. The minimum atomic E-state index is -2.18. The van der Waals surface area contributed by atoms with Gasteiger partial charge < -0.3 is 4.52 Å². The lowest BCUT2D eigenvalue weighted by Crippen LogP contribution is -1.94. The van der Waals surface area contributed by atoms with E-state index in [9.17, 15) is 4.57 Å². The molecule has 0 aromatic carbocycles. The molecule has 0 unspecified atom stereocenters. The normalized spacial score (nSPS) is 11.9. The van der Waals surface area contributed by atoms with E-state index in [0.29, 0.717) is 18.9 Å². The number of rotatable bonds is 4. The van der Waals surface area contributed by atoms with Gasteiger partial charge in [-0.25, -0.2) is 0 Å². The maximum absolute atomic E-state index is 11.3. The average Bonchev–Trinajstić information content (AvgIpc) is 1.89. The monoisotopic (exact) mass is 150 g/mol. The highest BCUT2D eigenvalue weighted by Crippen LogP contribution is 2.45. The molecule has 2 nitrogen and oxygen atoms in total. The SMILES string of the molecule is CCOP(=O)(CC)CC. The van der Waals surface area contributed by atoms with E-state index in [0.717, 1.165) is 0 Å². The molecule has 3 heteroatoms. The van der Waals surface area contributed by atoms with E-state index < -0.39 is 7.37 Å². The van der Waals surface area contributed by atoms with Crippen molar-refractivity contribution in [2.75, 3.05) is 18.9 Å². The van der Waals surface area contributed by atoms with Gasteiger partial charge in [0.25, 0.3) is 0 Å². The lowest BCUT2D eigenvalue weighted by atomic mass is 10.9. The van der Waals surface area contributed by atoms with Crippen molar-refractivity contribution < 1.29 is 9.09 Å². The lowest BCUT2D eigenvalue weighted by molar-refractivity contribution is 0.334. The standard InChI is InChI=1S/C6H15O2P/c1-4-8-9(7,5-2)6-3/h4-6H2,1-3H3. The zero-order valence-corrected chi connectivity index (χ0v) is 7.28. The zero-order chi connectivity index (χ0) is 7.33. The van der Waals surface area contributed by atoms with Crippen molar-refractivity contribution in [3.8, 4) is 0 Å². The van der Waals surface area contributed by atoms with Crippen molar-refractivity contribution in [2.24, 2.45) is 0 Å². The zero-order valence-electron chi connectivity index (χ0n) is 6.39. The van der Waals surface area contributed by atoms with Crippen molar-refractivity contribution in [2.45, 2.75) is 20.8 Å². The van der Waals surface area contributed by atoms with Gasteiger partial charge in [-0.1, -0.05) is 13.8 Å². The Labute approximate surface area is 57.1 Å². The first-order valence-corrected chi connectivity index (χ1v) is 5.40. The van der Waals surface area contributed by atoms with Gasteiger partial charge in [-0.3, -0.25) is 4.57 Å². The van der Waals surface area contributed by atoms with Gasteiger partial charge in [0.1, 0.15) is 0 Å². The molecule has 0 bridgehead atoms. The van der Waals surface area contributed by atoms with Gasteiger partial charge >= 0.3 is 0 Å². The fourth-order valence-corrected chi connectivity index (χ4v) is 1.92. The van der Waals surface area contributed by atoms with Gasteiger partial charge in [-0.2, -0.15) is 0 Å². The van der Waals surface area contributed by atoms with Crippen LogP contribution in [0.3, 0.4) is 0 Å². The summed E-state index contributed by atoms with van der Waals surface area (Å²) in [5.74, 6) is 0. The highest BCUT2D eigenvalue weighted by molar-refractivity contribution is 7.58. The van der Waals surface area contributed by atoms with E-state index in [1.807, 2.05) is 20.8 Å². The van der Waals surface area contributed by atoms with Crippen molar-refractivity contribution in [3.63, 3.8) is 0 Å². The van der Waals surface area contributed by atoms with Crippen molar-refractivity contribution in [1.82, 2.24) is 0 Å². The molecule has 0 aliphatic heterocycles. The number of hydrogen-bond acceptors (Lipinski definition) is 2. The fraction of sp³-hybridized carbons (Fsp3) is 1.00. The summed E-state index contributed by atoms with van der Waals surface area (Å²) in [6.07, 6.45) is 1.33. The van der Waals surface area contributed by atoms with E-state index in [1.165, 1.54) is 0 Å². The lowest BCUT2D eigenvalue weighted by Gasteiger charge is -2.12. The van der Waals surface area contributed by atoms with Gasteiger partial charge in [0.05, 0.1) is 6.61 Å². The van der Waals surface area contributed by atoms with Crippen LogP contribution < -0.4 is 0 Å². The molecular formula is C6H15O2P. The Balaban J connectivity index is 3.78. The molecule has 0 aromatic heterocycles. The summed E-state index contributed by atoms with van der Waals surface area (Å²) < 4.78 is 16.4. The molecule has 0 spiro atoms. The Hall–Kier alpha value is 0.190. The molecule has 0 radical (unpaired) electrons. The van der Waals surface area contributed by atoms with Crippen LogP contribution in [-0.4, -0.2) is 18.9 Å². The third-order valence-electron chi connectivity index (χ3n) is 1.33. The smallest absolute Gasteiger partial charge is 0.202 e. The molecule has 0 N–H and O–H groups in total. The Kier molecular flexibility index (Phi) is 4.16. The van der Waals surface area contributed by atoms with Crippen molar-refractivity contribution in [1.29, 1.82) is 0 Å². The summed E-state index contributed by atoms with van der Waals surface area (Å²) in [7, 11) is -2.18. The minimum Gasteiger partial charge on any atom is -0.329 e. The Morgan fingerprint density at radius 2 is 1.67 bits per heavy atom. The van der Waals surface area contributed by atoms with Crippen LogP contribution in [0, 0.1) is 0 Å². The first-order chi connectivity index (χ1) is 4.18. The largest absolute Gasteiger partial charge is 0.329 e. The van der Waals surface area contributed by atoms with Crippen LogP contribution >= 0.6 is 7.37 Å². The minimum absolute atomic E-state index is 0.568. The summed E-state index contributed by atoms with van der Waals surface area (Å²) in [5.41, 5.74) is 0. The Morgan fingerprint density at radius 1 is 1.22 bits per heavy atom. The van der Waals surface area contributed by atoms with Crippen LogP contribution in [0.25, 0.3) is 0 Å². The third kappa shape index (κ3) is 3.02. The quantitative estimate of drug-likeness (QED) is 0.575. The first kappa shape index (κ1) is 9.19. The third-order valence-corrected chi connectivity index (χ3v) is 3.98. The van der Waals surface area contributed by atoms with E-state index in [2.05, 4.69) is 0 Å². The van der Waals surface area contributed by atoms with Crippen LogP contribution in [0.1, 0.15) is 20.8 Å². The topological polar surface area (TPSA) is 26.3 Å². The molecule has 0 aliphatic rings. The number of hydrogen-bond donors (Lipinski definition) is 0. The van der Waals surface area contributed by atoms with Gasteiger partial charge in [0, 0.05) is 12.3 Å². The van der Waals surface area contributed by atoms with Crippen molar-refractivity contribution in [3.05, 3.63) is 0 Å². The van der Waals surface area contributed by atoms with Crippen LogP contribution in [0.15, 0.2) is 0 Å². The molecule has 56 valence electrons. The maximum atomic E-state index is 11.3. The maximum Gasteiger partial charge on any atom is 0.202 e. The highest BCUT2D eigenvalue weighted by Gasteiger charge is 2.15. The summed E-state index contributed by atoms with van der Waals surface area (Å²) in [4.78, 5) is 0. The van der Waals surface area contributed by atoms with Crippen LogP contribution in [0.5, 0.6) is 0 Å². The van der Waals surface area contributed by atoms with Gasteiger partial charge in [0.2, 0.25) is 7.37 Å². The van der Waals surface area contributed by atoms with Gasteiger partial charge in [-0.05, 0) is 6.92 Å². The molecule has 0 saturated carbocycles. The molecule has 0 rings (SSSR count). The average molecular weight is 150 g/mol. The molecule has 9 heavy (non-hydrogen) atoms. The Morgan fingerprint density at radius 3 is 1.78 bits per heavy atom. The molecule has 0 fully saturated rings. The molecule has 0 heterocycles. The summed E-state index contributed by atoms with van der Waals surface area (Å²) in [6, 6.07) is 0. The summed E-state index contributed by atoms with van der Waals surface area (Å²) in [5, 5.41) is 0. The molecular weight excluding hydrogens is 135 g/mol. The molecule has 0 saturated heterocycles. The second kappa shape index (κ2) is 4.08. The van der Waals surface area contributed by atoms with Crippen molar-refractivity contribution >= 4 is 7.37 Å². The van der Waals surface area contributed by atoms with E-state index in [4.69, 9.17) is 4.52 Å². The second-order valence-electron chi connectivity index (χ2n) is 1.86. The highest BCUT2D eigenvalue weighted by atomic mass is 31.2. The van der Waals surface area contributed by atoms with Gasteiger partial charge in [-0.15, -0.1) is 0 Å². The van der Waals surface area contributed by atoms with E-state index >= 15 is 0 Å². The Bertz CT molecular complexity index is 104. The predicted octanol–water partition coefficient (Wildman–Crippen LogP) is 2.34. The first-order valence-electron chi connectivity index (χ1n) is 3.41. The van der Waals surface area contributed by atoms with Crippen LogP contribution in [0.2, 0.25) is 0 Å². The van der Waals surface area contributed by atoms with E-state index in [-0.39, 0.29) is 0 Å². The molecule has 0 atom stereocenters. The summed E-state index contributed by atoms with van der Waals surface area (Å²) in [6.45, 7) is 6.25. The molecule has 0 aromatic rings. The van der Waals surface area contributed by atoms with Gasteiger partial charge in [0.15, 0.2) is 0 Å². The van der Waals surface area contributed by atoms with Crippen LogP contribution in [-0.2, 0) is 9.09 Å². The molecule has 0 amide bonds. The fourth-order valence-electron chi connectivity index (χ4n) is 0.641. The van der Waals surface area contributed by atoms with Crippen LogP contribution in [0.4, 0.5) is 0 Å². The second-order valence-corrected chi connectivity index (χ2v) is 5.02.